The highest BCUT2D eigenvalue weighted by atomic mass is 35.5. The molecule has 110 valence electrons. The number of piperidine rings is 1. The van der Waals surface area contributed by atoms with E-state index in [1.165, 1.54) is 36.9 Å². The Labute approximate surface area is 129 Å². The molecule has 0 amide bonds. The molecule has 4 rings (SSSR count). The summed E-state index contributed by atoms with van der Waals surface area (Å²) in [5.41, 5.74) is 4.19. The monoisotopic (exact) mass is 302 g/mol. The average Bonchev–Trinajstić information content (AvgIpc) is 3.07. The van der Waals surface area contributed by atoms with E-state index in [1.807, 2.05) is 18.3 Å². The van der Waals surface area contributed by atoms with E-state index in [1.54, 1.807) is 6.20 Å². The lowest BCUT2D eigenvalue weighted by atomic mass is 9.77. The van der Waals surface area contributed by atoms with Crippen LogP contribution < -0.4 is 0 Å². The molecule has 2 aromatic rings. The van der Waals surface area contributed by atoms with Gasteiger partial charge in [0.2, 0.25) is 0 Å². The highest BCUT2D eigenvalue weighted by Gasteiger charge is 2.43. The molecule has 1 N–H and O–H groups in total. The fourth-order valence-electron chi connectivity index (χ4n) is 3.96. The van der Waals surface area contributed by atoms with Gasteiger partial charge >= 0.3 is 0 Å². The molecule has 0 bridgehead atoms. The van der Waals surface area contributed by atoms with Crippen LogP contribution in [-0.4, -0.2) is 33.2 Å². The van der Waals surface area contributed by atoms with Gasteiger partial charge in [-0.2, -0.15) is 5.10 Å². The topological polar surface area (TPSA) is 44.8 Å². The standard InChI is InChI=1S/C16H19ClN4/c17-13-2-3-14(18-9-13)10-21-7-1-5-16(11-21)6-4-12-8-19-20-15(12)16/h2-3,8-9H,1,4-7,10-11H2,(H,19,20). The largest absolute Gasteiger partial charge is 0.297 e. The number of likely N-dealkylation sites (tertiary alicyclic amines) is 1. The summed E-state index contributed by atoms with van der Waals surface area (Å²) in [7, 11) is 0. The summed E-state index contributed by atoms with van der Waals surface area (Å²) < 4.78 is 0. The maximum absolute atomic E-state index is 5.91. The van der Waals surface area contributed by atoms with Crippen LogP contribution in [-0.2, 0) is 18.4 Å². The third-order valence-electron chi connectivity index (χ3n) is 4.95. The van der Waals surface area contributed by atoms with Crippen LogP contribution in [0.2, 0.25) is 5.02 Å². The quantitative estimate of drug-likeness (QED) is 0.927. The van der Waals surface area contributed by atoms with Crippen LogP contribution >= 0.6 is 11.6 Å². The maximum atomic E-state index is 5.91. The first-order chi connectivity index (χ1) is 10.3. The number of H-pyrrole nitrogens is 1. The highest BCUT2D eigenvalue weighted by Crippen LogP contribution is 2.43. The first kappa shape index (κ1) is 13.3. The van der Waals surface area contributed by atoms with Gasteiger partial charge in [-0.05, 0) is 49.9 Å². The van der Waals surface area contributed by atoms with Gasteiger partial charge in [-0.15, -0.1) is 0 Å². The number of aryl methyl sites for hydroxylation is 1. The molecule has 0 saturated carbocycles. The van der Waals surface area contributed by atoms with Crippen molar-refractivity contribution in [3.05, 3.63) is 46.5 Å². The van der Waals surface area contributed by atoms with Crippen LogP contribution in [0.25, 0.3) is 0 Å². The Morgan fingerprint density at radius 1 is 1.29 bits per heavy atom. The van der Waals surface area contributed by atoms with Crippen molar-refractivity contribution in [2.45, 2.75) is 37.6 Å². The average molecular weight is 303 g/mol. The zero-order valence-corrected chi connectivity index (χ0v) is 12.7. The predicted molar refractivity (Wildman–Crippen MR) is 82.3 cm³/mol. The van der Waals surface area contributed by atoms with Crippen molar-refractivity contribution in [3.63, 3.8) is 0 Å². The summed E-state index contributed by atoms with van der Waals surface area (Å²) in [5, 5.41) is 8.20. The Kier molecular flexibility index (Phi) is 3.23. The van der Waals surface area contributed by atoms with Gasteiger partial charge in [-0.1, -0.05) is 11.6 Å². The zero-order valence-electron chi connectivity index (χ0n) is 12.0. The maximum Gasteiger partial charge on any atom is 0.0589 e. The Morgan fingerprint density at radius 2 is 2.24 bits per heavy atom. The molecule has 2 aliphatic rings. The SMILES string of the molecule is Clc1ccc(CN2CCCC3(CCc4cn[nH]c43)C2)nc1. The van der Waals surface area contributed by atoms with Crippen molar-refractivity contribution >= 4 is 11.6 Å². The van der Waals surface area contributed by atoms with Gasteiger partial charge in [-0.25, -0.2) is 0 Å². The van der Waals surface area contributed by atoms with E-state index in [0.29, 0.717) is 5.02 Å². The van der Waals surface area contributed by atoms with Crippen molar-refractivity contribution in [2.24, 2.45) is 0 Å². The third-order valence-corrected chi connectivity index (χ3v) is 5.17. The number of pyridine rings is 1. The first-order valence-electron chi connectivity index (χ1n) is 7.61. The Hall–Kier alpha value is -1.39. The second-order valence-corrected chi connectivity index (χ2v) is 6.77. The van der Waals surface area contributed by atoms with Crippen LogP contribution in [0, 0.1) is 0 Å². The molecule has 1 saturated heterocycles. The van der Waals surface area contributed by atoms with Crippen LogP contribution in [0.5, 0.6) is 0 Å². The van der Waals surface area contributed by atoms with Gasteiger partial charge in [0, 0.05) is 30.4 Å². The fourth-order valence-corrected chi connectivity index (χ4v) is 4.07. The molecule has 1 aliphatic heterocycles. The highest BCUT2D eigenvalue weighted by molar-refractivity contribution is 6.30. The van der Waals surface area contributed by atoms with Gasteiger partial charge in [0.15, 0.2) is 0 Å². The summed E-state index contributed by atoms with van der Waals surface area (Å²) in [6, 6.07) is 3.95. The minimum atomic E-state index is 0.288. The Balaban J connectivity index is 1.52. The molecule has 1 fully saturated rings. The van der Waals surface area contributed by atoms with Crippen molar-refractivity contribution < 1.29 is 0 Å². The van der Waals surface area contributed by atoms with E-state index in [-0.39, 0.29) is 5.41 Å². The van der Waals surface area contributed by atoms with E-state index >= 15 is 0 Å². The number of nitrogens with zero attached hydrogens (tertiary/aromatic N) is 3. The van der Waals surface area contributed by atoms with Gasteiger partial charge < -0.3 is 0 Å². The number of aromatic amines is 1. The molecular weight excluding hydrogens is 284 g/mol. The minimum absolute atomic E-state index is 0.288. The number of nitrogens with one attached hydrogen (secondary N) is 1. The van der Waals surface area contributed by atoms with E-state index < -0.39 is 0 Å². The van der Waals surface area contributed by atoms with E-state index in [4.69, 9.17) is 11.6 Å². The lowest BCUT2D eigenvalue weighted by Crippen LogP contribution is -2.44. The molecule has 4 nitrogen and oxygen atoms in total. The van der Waals surface area contributed by atoms with Crippen molar-refractivity contribution in [2.75, 3.05) is 13.1 Å². The number of aromatic nitrogens is 3. The van der Waals surface area contributed by atoms with E-state index in [9.17, 15) is 0 Å². The normalized spacial score (nSPS) is 25.4. The smallest absolute Gasteiger partial charge is 0.0589 e. The number of fused-ring (bicyclic) bond motifs is 2. The summed E-state index contributed by atoms with van der Waals surface area (Å²) in [6.07, 6.45) is 8.67. The second-order valence-electron chi connectivity index (χ2n) is 6.33. The van der Waals surface area contributed by atoms with Gasteiger partial charge in [-0.3, -0.25) is 15.0 Å². The van der Waals surface area contributed by atoms with Crippen LogP contribution in [0.15, 0.2) is 24.5 Å². The molecule has 1 unspecified atom stereocenters. The van der Waals surface area contributed by atoms with Crippen LogP contribution in [0.4, 0.5) is 0 Å². The fraction of sp³-hybridized carbons (Fsp3) is 0.500. The molecule has 2 aromatic heterocycles. The lowest BCUT2D eigenvalue weighted by molar-refractivity contribution is 0.135. The Bertz CT molecular complexity index is 636. The first-order valence-corrected chi connectivity index (χ1v) is 7.99. The molecule has 1 atom stereocenters. The lowest BCUT2D eigenvalue weighted by Gasteiger charge is -2.40. The molecule has 0 aromatic carbocycles. The van der Waals surface area contributed by atoms with Gasteiger partial charge in [0.25, 0.3) is 0 Å². The molecule has 1 spiro atoms. The number of halogens is 1. The summed E-state index contributed by atoms with van der Waals surface area (Å²) in [6.45, 7) is 3.16. The van der Waals surface area contributed by atoms with Crippen LogP contribution in [0.1, 0.15) is 36.2 Å². The van der Waals surface area contributed by atoms with Crippen LogP contribution in [0.3, 0.4) is 0 Å². The second kappa shape index (κ2) is 5.11. The Morgan fingerprint density at radius 3 is 3.10 bits per heavy atom. The molecule has 21 heavy (non-hydrogen) atoms. The number of hydrogen-bond acceptors (Lipinski definition) is 3. The molecule has 3 heterocycles. The zero-order chi connectivity index (χ0) is 14.3. The summed E-state index contributed by atoms with van der Waals surface area (Å²) >= 11 is 5.91. The van der Waals surface area contributed by atoms with Crippen molar-refractivity contribution in [1.29, 1.82) is 0 Å². The number of hydrogen-bond donors (Lipinski definition) is 1. The molecular formula is C16H19ClN4. The summed E-state index contributed by atoms with van der Waals surface area (Å²) in [4.78, 5) is 6.95. The van der Waals surface area contributed by atoms with Gasteiger partial charge in [0.1, 0.15) is 0 Å². The van der Waals surface area contributed by atoms with Crippen molar-refractivity contribution in [3.8, 4) is 0 Å². The van der Waals surface area contributed by atoms with Gasteiger partial charge in [0.05, 0.1) is 16.9 Å². The molecule has 0 radical (unpaired) electrons. The molecule has 5 heteroatoms. The predicted octanol–water partition coefficient (Wildman–Crippen LogP) is 2.94. The van der Waals surface area contributed by atoms with E-state index in [0.717, 1.165) is 25.3 Å². The van der Waals surface area contributed by atoms with Crippen molar-refractivity contribution in [1.82, 2.24) is 20.1 Å². The third kappa shape index (κ3) is 2.36. The van der Waals surface area contributed by atoms with E-state index in [2.05, 4.69) is 20.1 Å². The summed E-state index contributed by atoms with van der Waals surface area (Å²) in [5.74, 6) is 0. The number of rotatable bonds is 2. The minimum Gasteiger partial charge on any atom is -0.297 e. The molecule has 1 aliphatic carbocycles.